The summed E-state index contributed by atoms with van der Waals surface area (Å²) >= 11 is 0. The quantitative estimate of drug-likeness (QED) is 0.175. The molecule has 4 aromatic rings. The van der Waals surface area contributed by atoms with Crippen LogP contribution >= 0.6 is 0 Å². The second kappa shape index (κ2) is 19.5. The zero-order chi connectivity index (χ0) is 36.2. The fourth-order valence-corrected chi connectivity index (χ4v) is 8.58. The van der Waals surface area contributed by atoms with E-state index in [2.05, 4.69) is 128 Å². The molecular formula is C50H70. The van der Waals surface area contributed by atoms with E-state index in [-0.39, 0.29) is 0 Å². The van der Waals surface area contributed by atoms with Crippen LogP contribution in [0.4, 0.5) is 0 Å². The van der Waals surface area contributed by atoms with Gasteiger partial charge in [0, 0.05) is 0 Å². The smallest absolute Gasteiger partial charge is 0.0187 e. The van der Waals surface area contributed by atoms with Crippen molar-refractivity contribution < 1.29 is 0 Å². The predicted molar refractivity (Wildman–Crippen MR) is 221 cm³/mol. The van der Waals surface area contributed by atoms with Crippen LogP contribution in [0.1, 0.15) is 183 Å². The Morgan fingerprint density at radius 2 is 0.740 bits per heavy atom. The molecule has 4 aliphatic rings. The summed E-state index contributed by atoms with van der Waals surface area (Å²) in [7, 11) is 0. The van der Waals surface area contributed by atoms with Gasteiger partial charge in [0.05, 0.1) is 0 Å². The van der Waals surface area contributed by atoms with E-state index in [1.54, 1.807) is 44.5 Å². The summed E-state index contributed by atoms with van der Waals surface area (Å²) in [4.78, 5) is 0. The molecular weight excluding hydrogens is 601 g/mol. The number of fused-ring (bicyclic) bond motifs is 4. The Kier molecular flexibility index (Phi) is 15.5. The van der Waals surface area contributed by atoms with Gasteiger partial charge in [-0.1, -0.05) is 137 Å². The summed E-state index contributed by atoms with van der Waals surface area (Å²) in [5.41, 5.74) is 18.3. The molecule has 4 aromatic carbocycles. The third-order valence-corrected chi connectivity index (χ3v) is 11.7. The minimum absolute atomic E-state index is 0.770. The molecule has 0 radical (unpaired) electrons. The minimum atomic E-state index is 0.770. The summed E-state index contributed by atoms with van der Waals surface area (Å²) in [5, 5.41) is 0. The van der Waals surface area contributed by atoms with E-state index in [1.807, 2.05) is 13.8 Å². The van der Waals surface area contributed by atoms with Gasteiger partial charge in [0.1, 0.15) is 0 Å². The molecule has 0 saturated carbocycles. The molecule has 0 nitrogen and oxygen atoms in total. The van der Waals surface area contributed by atoms with E-state index in [9.17, 15) is 0 Å². The largest absolute Gasteiger partial charge is 0.0683 e. The Morgan fingerprint density at radius 3 is 1.38 bits per heavy atom. The molecule has 8 rings (SSSR count). The van der Waals surface area contributed by atoms with Gasteiger partial charge in [-0.3, -0.25) is 0 Å². The van der Waals surface area contributed by atoms with E-state index < -0.39 is 0 Å². The highest BCUT2D eigenvalue weighted by Gasteiger charge is 2.21. The molecule has 0 heterocycles. The monoisotopic (exact) mass is 671 g/mol. The molecule has 4 aliphatic carbocycles. The molecule has 0 aromatic heterocycles. The Bertz CT molecular complexity index is 1640. The first-order chi connectivity index (χ1) is 24.1. The fraction of sp³-hybridized carbons (Fsp3) is 0.520. The maximum Gasteiger partial charge on any atom is -0.0187 e. The Labute approximate surface area is 308 Å². The van der Waals surface area contributed by atoms with E-state index in [0.29, 0.717) is 0 Å². The van der Waals surface area contributed by atoms with Gasteiger partial charge in [-0.15, -0.1) is 0 Å². The first kappa shape index (κ1) is 39.7. The molecule has 50 heavy (non-hydrogen) atoms. The van der Waals surface area contributed by atoms with Crippen LogP contribution in [0.5, 0.6) is 0 Å². The minimum Gasteiger partial charge on any atom is -0.0683 e. The van der Waals surface area contributed by atoms with Gasteiger partial charge >= 0.3 is 0 Å². The first-order valence-electron chi connectivity index (χ1n) is 20.5. The molecule has 0 fully saturated rings. The molecule has 4 atom stereocenters. The molecule has 0 saturated heterocycles. The van der Waals surface area contributed by atoms with Crippen LogP contribution in [0.15, 0.2) is 72.8 Å². The normalized spacial score (nSPS) is 21.2. The molecule has 0 N–H and O–H groups in total. The molecule has 4 unspecified atom stereocenters. The highest BCUT2D eigenvalue weighted by Crippen LogP contribution is 2.38. The number of rotatable bonds is 0. The van der Waals surface area contributed by atoms with Gasteiger partial charge in [0.25, 0.3) is 0 Å². The van der Waals surface area contributed by atoms with E-state index >= 15 is 0 Å². The molecule has 0 heteroatoms. The van der Waals surface area contributed by atoms with Crippen LogP contribution in [0.3, 0.4) is 0 Å². The van der Waals surface area contributed by atoms with Crippen molar-refractivity contribution in [2.24, 2.45) is 0 Å². The van der Waals surface area contributed by atoms with Crippen LogP contribution < -0.4 is 0 Å². The van der Waals surface area contributed by atoms with Crippen molar-refractivity contribution in [2.75, 3.05) is 0 Å². The van der Waals surface area contributed by atoms with Gasteiger partial charge in [-0.2, -0.15) is 0 Å². The van der Waals surface area contributed by atoms with Crippen LogP contribution in [0.2, 0.25) is 0 Å². The summed E-state index contributed by atoms with van der Waals surface area (Å²) in [6.45, 7) is 22.1. The predicted octanol–water partition coefficient (Wildman–Crippen LogP) is 14.8. The number of benzene rings is 4. The van der Waals surface area contributed by atoms with Crippen molar-refractivity contribution >= 4 is 0 Å². The van der Waals surface area contributed by atoms with E-state index in [4.69, 9.17) is 0 Å². The van der Waals surface area contributed by atoms with E-state index in [0.717, 1.165) is 23.7 Å². The highest BCUT2D eigenvalue weighted by molar-refractivity contribution is 5.39. The van der Waals surface area contributed by atoms with Crippen molar-refractivity contribution in [1.29, 1.82) is 0 Å². The van der Waals surface area contributed by atoms with Crippen molar-refractivity contribution in [1.82, 2.24) is 0 Å². The highest BCUT2D eigenvalue weighted by atomic mass is 14.3. The van der Waals surface area contributed by atoms with Crippen LogP contribution in [0.25, 0.3) is 0 Å². The summed E-state index contributed by atoms with van der Waals surface area (Å²) in [5.74, 6) is 3.11. The standard InChI is InChI=1S/C13H18.2C12H16.C11H14.C2H6/c1-9-4-7-12-10(2)5-6-11(3)13(12)8-9;1-9-6-7-12-10(2)4-3-5-11(12)8-9;1-9-6-7-11-5-3-4-10(2)12(11)8-9;1-9-6-7-10-4-2-3-5-11(10)8-9;1-2/h4,7-8,10-11H,5-6H2,1-3H3;2*6-8,10H,3-5H2,1-2H3;6-8H,2-5H2,1H3;1-2H3. The van der Waals surface area contributed by atoms with Crippen molar-refractivity contribution in [2.45, 2.75) is 170 Å². The average Bonchev–Trinajstić information content (AvgIpc) is 3.12. The third-order valence-electron chi connectivity index (χ3n) is 11.7. The second-order valence-electron chi connectivity index (χ2n) is 16.0. The van der Waals surface area contributed by atoms with Gasteiger partial charge in [-0.25, -0.2) is 0 Å². The first-order valence-corrected chi connectivity index (χ1v) is 20.5. The molecule has 0 amide bonds. The topological polar surface area (TPSA) is 0 Å². The maximum atomic E-state index is 2.37. The van der Waals surface area contributed by atoms with Crippen molar-refractivity contribution in [3.8, 4) is 0 Å². The zero-order valence-electron chi connectivity index (χ0n) is 33.7. The van der Waals surface area contributed by atoms with E-state index in [1.165, 1.54) is 99.3 Å². The Balaban J connectivity index is 0.000000147. The maximum absolute atomic E-state index is 2.37. The number of aryl methyl sites for hydroxylation is 8. The SMILES string of the molecule is CC.Cc1ccc2c(c1)C(C)CCC2.Cc1ccc2c(c1)C(C)CCC2C.Cc1ccc2c(c1)CCCC2.Cc1ccc2c(c1)CCCC2C. The lowest BCUT2D eigenvalue weighted by Crippen LogP contribution is -2.10. The average molecular weight is 671 g/mol. The molecule has 270 valence electrons. The van der Waals surface area contributed by atoms with Gasteiger partial charge in [-0.05, 0) is 173 Å². The Hall–Kier alpha value is -3.12. The Morgan fingerprint density at radius 1 is 0.340 bits per heavy atom. The fourth-order valence-electron chi connectivity index (χ4n) is 8.58. The van der Waals surface area contributed by atoms with Crippen LogP contribution in [-0.4, -0.2) is 0 Å². The lowest BCUT2D eigenvalue weighted by Gasteiger charge is -2.27. The number of hydrogen-bond acceptors (Lipinski definition) is 0. The van der Waals surface area contributed by atoms with Gasteiger partial charge < -0.3 is 0 Å². The summed E-state index contributed by atoms with van der Waals surface area (Å²) in [6.07, 6.45) is 16.2. The third kappa shape index (κ3) is 10.9. The second-order valence-corrected chi connectivity index (χ2v) is 16.0. The number of hydrogen-bond donors (Lipinski definition) is 0. The van der Waals surface area contributed by atoms with Crippen LogP contribution in [0, 0.1) is 27.7 Å². The lowest BCUT2D eigenvalue weighted by molar-refractivity contribution is 0.527. The molecule has 0 aliphatic heterocycles. The van der Waals surface area contributed by atoms with Crippen molar-refractivity contribution in [3.63, 3.8) is 0 Å². The molecule has 0 bridgehead atoms. The van der Waals surface area contributed by atoms with Gasteiger partial charge in [0.15, 0.2) is 0 Å². The lowest BCUT2D eigenvalue weighted by atomic mass is 9.78. The molecule has 0 spiro atoms. The summed E-state index contributed by atoms with van der Waals surface area (Å²) < 4.78 is 0. The van der Waals surface area contributed by atoms with Gasteiger partial charge in [0.2, 0.25) is 0 Å². The van der Waals surface area contributed by atoms with Crippen LogP contribution in [-0.2, 0) is 25.7 Å². The van der Waals surface area contributed by atoms with Crippen molar-refractivity contribution in [3.05, 3.63) is 140 Å². The zero-order valence-corrected chi connectivity index (χ0v) is 33.7. The summed E-state index contributed by atoms with van der Waals surface area (Å²) in [6, 6.07) is 27.6.